The van der Waals surface area contributed by atoms with Crippen molar-refractivity contribution in [2.45, 2.75) is 19.6 Å². The number of nitrogens with zero attached hydrogens (tertiary/aromatic N) is 3. The summed E-state index contributed by atoms with van der Waals surface area (Å²) >= 11 is 0. The molecule has 134 valence electrons. The van der Waals surface area contributed by atoms with E-state index >= 15 is 0 Å². The zero-order valence-corrected chi connectivity index (χ0v) is 15.2. The number of sulfonamides is 1. The Bertz CT molecular complexity index is 868. The van der Waals surface area contributed by atoms with E-state index in [9.17, 15) is 13.2 Å². The molecule has 1 fully saturated rings. The predicted molar refractivity (Wildman–Crippen MR) is 94.6 cm³/mol. The quantitative estimate of drug-likeness (QED) is 0.889. The molecule has 25 heavy (non-hydrogen) atoms. The first-order valence-corrected chi connectivity index (χ1v) is 9.81. The summed E-state index contributed by atoms with van der Waals surface area (Å²) in [6, 6.07) is 9.19. The van der Waals surface area contributed by atoms with Crippen molar-refractivity contribution in [1.82, 2.24) is 19.4 Å². The Kier molecular flexibility index (Phi) is 4.91. The number of aromatic nitrogens is 2. The molecule has 0 radical (unpaired) electrons. The molecule has 0 saturated carbocycles. The van der Waals surface area contributed by atoms with E-state index in [0.29, 0.717) is 31.9 Å². The van der Waals surface area contributed by atoms with Gasteiger partial charge in [0.15, 0.2) is 0 Å². The third-order valence-electron chi connectivity index (χ3n) is 4.44. The molecule has 1 aromatic heterocycles. The van der Waals surface area contributed by atoms with E-state index in [1.54, 1.807) is 11.0 Å². The topological polar surface area (TPSA) is 86.4 Å². The van der Waals surface area contributed by atoms with Crippen molar-refractivity contribution < 1.29 is 13.2 Å². The lowest BCUT2D eigenvalue weighted by Gasteiger charge is -2.33. The Labute approximate surface area is 147 Å². The number of carbonyl (C=O) groups excluding carboxylic acids is 1. The number of hydrogen-bond acceptors (Lipinski definition) is 4. The van der Waals surface area contributed by atoms with Crippen LogP contribution in [-0.2, 0) is 15.8 Å². The maximum Gasteiger partial charge on any atom is 0.274 e. The van der Waals surface area contributed by atoms with Crippen molar-refractivity contribution in [1.29, 1.82) is 0 Å². The van der Waals surface area contributed by atoms with Crippen LogP contribution in [0.3, 0.4) is 0 Å². The normalized spacial score (nSPS) is 16.2. The molecule has 1 N–H and O–H groups in total. The van der Waals surface area contributed by atoms with Gasteiger partial charge in [0.2, 0.25) is 10.0 Å². The average Bonchev–Trinajstić information content (AvgIpc) is 3.03. The molecule has 1 amide bonds. The molecule has 8 heteroatoms. The van der Waals surface area contributed by atoms with Gasteiger partial charge in [0, 0.05) is 31.9 Å². The predicted octanol–water partition coefficient (Wildman–Crippen LogP) is 1.31. The fourth-order valence-corrected chi connectivity index (χ4v) is 4.54. The zero-order chi connectivity index (χ0) is 18.0. The van der Waals surface area contributed by atoms with Crippen LogP contribution in [0.5, 0.6) is 0 Å². The molecule has 1 aliphatic rings. The zero-order valence-electron chi connectivity index (χ0n) is 14.4. The van der Waals surface area contributed by atoms with Gasteiger partial charge in [-0.05, 0) is 31.0 Å². The van der Waals surface area contributed by atoms with Crippen molar-refractivity contribution in [3.05, 3.63) is 52.8 Å². The third-order valence-corrected chi connectivity index (χ3v) is 6.27. The van der Waals surface area contributed by atoms with E-state index in [-0.39, 0.29) is 11.7 Å². The Balaban J connectivity index is 1.63. The van der Waals surface area contributed by atoms with Crippen LogP contribution >= 0.6 is 0 Å². The highest BCUT2D eigenvalue weighted by molar-refractivity contribution is 7.88. The van der Waals surface area contributed by atoms with Gasteiger partial charge in [-0.1, -0.05) is 24.3 Å². The monoisotopic (exact) mass is 362 g/mol. The van der Waals surface area contributed by atoms with Crippen LogP contribution in [0.25, 0.3) is 0 Å². The largest absolute Gasteiger partial charge is 0.335 e. The maximum atomic E-state index is 12.7. The Morgan fingerprint density at radius 3 is 2.44 bits per heavy atom. The highest BCUT2D eigenvalue weighted by Crippen LogP contribution is 2.17. The highest BCUT2D eigenvalue weighted by Gasteiger charge is 2.30. The van der Waals surface area contributed by atoms with Crippen LogP contribution in [0.4, 0.5) is 0 Å². The van der Waals surface area contributed by atoms with Gasteiger partial charge in [-0.25, -0.2) is 8.42 Å². The number of benzene rings is 1. The van der Waals surface area contributed by atoms with Gasteiger partial charge in [-0.3, -0.25) is 9.89 Å². The van der Waals surface area contributed by atoms with E-state index in [1.165, 1.54) is 4.31 Å². The molecule has 1 aliphatic heterocycles. The first-order valence-electron chi connectivity index (χ1n) is 8.20. The van der Waals surface area contributed by atoms with Crippen LogP contribution in [-0.4, -0.2) is 59.9 Å². The molecule has 2 heterocycles. The Morgan fingerprint density at radius 2 is 1.84 bits per heavy atom. The van der Waals surface area contributed by atoms with Crippen molar-refractivity contribution in [3.8, 4) is 0 Å². The maximum absolute atomic E-state index is 12.7. The second-order valence-corrected chi connectivity index (χ2v) is 8.28. The molecule has 0 aliphatic carbocycles. The molecule has 0 bridgehead atoms. The minimum absolute atomic E-state index is 0.00776. The number of carbonyl (C=O) groups is 1. The summed E-state index contributed by atoms with van der Waals surface area (Å²) in [5.74, 6) is -0.174. The Hall–Kier alpha value is -2.19. The second-order valence-electron chi connectivity index (χ2n) is 6.31. The summed E-state index contributed by atoms with van der Waals surface area (Å²) < 4.78 is 26.8. The SMILES string of the molecule is Cc1cc(C(=O)N2CCN(S(=O)(=O)Cc3ccccc3C)CC2)n[nH]1. The van der Waals surface area contributed by atoms with E-state index in [2.05, 4.69) is 10.2 Å². The summed E-state index contributed by atoms with van der Waals surface area (Å²) in [4.78, 5) is 14.0. The fourth-order valence-electron chi connectivity index (χ4n) is 2.92. The highest BCUT2D eigenvalue weighted by atomic mass is 32.2. The van der Waals surface area contributed by atoms with Crippen LogP contribution in [0.1, 0.15) is 27.3 Å². The first-order chi connectivity index (χ1) is 11.9. The molecule has 0 atom stereocenters. The van der Waals surface area contributed by atoms with Crippen molar-refractivity contribution >= 4 is 15.9 Å². The van der Waals surface area contributed by atoms with E-state index in [1.807, 2.05) is 38.1 Å². The summed E-state index contributed by atoms with van der Waals surface area (Å²) in [6.45, 7) is 5.11. The van der Waals surface area contributed by atoms with Crippen molar-refractivity contribution in [2.75, 3.05) is 26.2 Å². The number of H-pyrrole nitrogens is 1. The van der Waals surface area contributed by atoms with E-state index < -0.39 is 10.0 Å². The summed E-state index contributed by atoms with van der Waals surface area (Å²) in [7, 11) is -3.39. The number of nitrogens with one attached hydrogen (secondary N) is 1. The summed E-state index contributed by atoms with van der Waals surface area (Å²) in [5, 5.41) is 6.73. The van der Waals surface area contributed by atoms with Crippen LogP contribution in [0.15, 0.2) is 30.3 Å². The number of aromatic amines is 1. The third kappa shape index (κ3) is 3.91. The van der Waals surface area contributed by atoms with E-state index in [4.69, 9.17) is 0 Å². The van der Waals surface area contributed by atoms with Gasteiger partial charge in [0.1, 0.15) is 5.69 Å². The van der Waals surface area contributed by atoms with Crippen LogP contribution in [0, 0.1) is 13.8 Å². The lowest BCUT2D eigenvalue weighted by Crippen LogP contribution is -2.50. The van der Waals surface area contributed by atoms with Gasteiger partial charge < -0.3 is 4.90 Å². The van der Waals surface area contributed by atoms with Crippen molar-refractivity contribution in [2.24, 2.45) is 0 Å². The number of amides is 1. The first kappa shape index (κ1) is 17.6. The molecule has 7 nitrogen and oxygen atoms in total. The summed E-state index contributed by atoms with van der Waals surface area (Å²) in [5.41, 5.74) is 2.97. The molecule has 0 unspecified atom stereocenters. The lowest BCUT2D eigenvalue weighted by molar-refractivity contribution is 0.0692. The standard InChI is InChI=1S/C17H22N4O3S/c1-13-5-3-4-6-15(13)12-25(23,24)21-9-7-20(8-10-21)17(22)16-11-14(2)18-19-16/h3-6,11H,7-10,12H2,1-2H3,(H,18,19). The van der Waals surface area contributed by atoms with Gasteiger partial charge in [-0.2, -0.15) is 9.40 Å². The molecule has 0 spiro atoms. The number of piperazine rings is 1. The second kappa shape index (κ2) is 6.97. The van der Waals surface area contributed by atoms with Gasteiger partial charge in [0.25, 0.3) is 5.91 Å². The van der Waals surface area contributed by atoms with Crippen LogP contribution < -0.4 is 0 Å². The minimum Gasteiger partial charge on any atom is -0.335 e. The van der Waals surface area contributed by atoms with Gasteiger partial charge in [-0.15, -0.1) is 0 Å². The number of rotatable bonds is 4. The number of hydrogen-bond donors (Lipinski definition) is 1. The molecule has 2 aromatic rings. The molecule has 1 saturated heterocycles. The number of aryl methyl sites for hydroxylation is 2. The lowest BCUT2D eigenvalue weighted by atomic mass is 10.1. The fraction of sp³-hybridized carbons (Fsp3) is 0.412. The molecule has 3 rings (SSSR count). The average molecular weight is 362 g/mol. The smallest absolute Gasteiger partial charge is 0.274 e. The Morgan fingerprint density at radius 1 is 1.16 bits per heavy atom. The minimum atomic E-state index is -3.39. The summed E-state index contributed by atoms with van der Waals surface area (Å²) in [6.07, 6.45) is 0. The van der Waals surface area contributed by atoms with E-state index in [0.717, 1.165) is 16.8 Å². The van der Waals surface area contributed by atoms with Gasteiger partial charge >= 0.3 is 0 Å². The van der Waals surface area contributed by atoms with Gasteiger partial charge in [0.05, 0.1) is 5.75 Å². The van der Waals surface area contributed by atoms with Crippen molar-refractivity contribution in [3.63, 3.8) is 0 Å². The molecular weight excluding hydrogens is 340 g/mol. The molecule has 1 aromatic carbocycles. The van der Waals surface area contributed by atoms with Crippen LogP contribution in [0.2, 0.25) is 0 Å². The molecular formula is C17H22N4O3S.